The van der Waals surface area contributed by atoms with Crippen LogP contribution in [0.4, 0.5) is 17.5 Å². The normalized spacial score (nSPS) is 15.4. The zero-order valence-electron chi connectivity index (χ0n) is 54.7. The molecule has 11 rings (SSSR count). The lowest BCUT2D eigenvalue weighted by molar-refractivity contribution is -0.122. The summed E-state index contributed by atoms with van der Waals surface area (Å²) in [4.78, 5) is 102. The molecule has 0 aliphatic carbocycles. The number of carbonyl (C=O) groups excluding carboxylic acids is 1. The quantitative estimate of drug-likeness (QED) is 0.120. The third kappa shape index (κ3) is 20.2. The number of anilines is 3. The molecule has 0 saturated carbocycles. The number of aliphatic hydroxyl groups excluding tert-OH is 1. The number of nitrogens with zero attached hydrogens (tertiary/aromatic N) is 12. The van der Waals surface area contributed by atoms with Crippen LogP contribution in [0, 0.1) is 46.8 Å². The summed E-state index contributed by atoms with van der Waals surface area (Å²) in [6, 6.07) is 50.7. The van der Waals surface area contributed by atoms with E-state index in [4.69, 9.17) is 27.4 Å². The van der Waals surface area contributed by atoms with Crippen LogP contribution in [0.3, 0.4) is 0 Å². The number of hydrogen-bond acceptors (Lipinski definition) is 17. The molecule has 5 aromatic carbocycles. The van der Waals surface area contributed by atoms with E-state index >= 15 is 0 Å². The van der Waals surface area contributed by atoms with Crippen molar-refractivity contribution in [3.63, 3.8) is 0 Å². The Morgan fingerprint density at radius 3 is 1.07 bits per heavy atom. The molecule has 6 heterocycles. The Kier molecular flexibility index (Phi) is 28.0. The molecule has 25 heteroatoms. The molecule has 0 unspecified atom stereocenters. The number of carboxylic acids is 1. The Hall–Kier alpha value is -11.2. The number of nitrogens with two attached hydrogens (primary N) is 3. The fourth-order valence-corrected chi connectivity index (χ4v) is 11.0. The lowest BCUT2D eigenvalue weighted by Crippen LogP contribution is -2.47. The highest BCUT2D eigenvalue weighted by molar-refractivity contribution is 5.87. The number of nitriles is 3. The van der Waals surface area contributed by atoms with E-state index in [1.807, 2.05) is 57.2 Å². The molecule has 0 bridgehead atoms. The number of benzene rings is 5. The number of carboxylic acid groups (broad SMARTS) is 1. The van der Waals surface area contributed by atoms with Gasteiger partial charge < -0.3 is 42.1 Å². The molecular formula is C71H83N15O10. The molecule has 25 nitrogen and oxygen atoms in total. The number of primary amides is 1. The van der Waals surface area contributed by atoms with Crippen molar-refractivity contribution in [2.45, 2.75) is 84.1 Å². The Bertz CT molecular complexity index is 4310. The highest BCUT2D eigenvalue weighted by Gasteiger charge is 2.28. The summed E-state index contributed by atoms with van der Waals surface area (Å²) >= 11 is 0. The summed E-state index contributed by atoms with van der Waals surface area (Å²) in [5.41, 5.74) is 20.6. The fraction of sp³-hybridized carbons (Fsp3) is 0.338. The van der Waals surface area contributed by atoms with Crippen LogP contribution in [0.2, 0.25) is 0 Å². The maximum absolute atomic E-state index is 12.8. The second kappa shape index (κ2) is 36.3. The van der Waals surface area contributed by atoms with Crippen LogP contribution in [0.1, 0.15) is 94.8 Å². The molecule has 3 atom stereocenters. The number of hydrogen-bond donors (Lipinski definition) is 5. The largest absolute Gasteiger partial charge is 0.478 e. The number of aryl methyl sites for hydroxylation is 1. The molecular weight excluding hydrogens is 1220 g/mol. The molecule has 3 aliphatic rings. The predicted molar refractivity (Wildman–Crippen MR) is 369 cm³/mol. The van der Waals surface area contributed by atoms with Gasteiger partial charge in [-0.15, -0.1) is 0 Å². The number of aliphatic hydroxyl groups is 1. The van der Waals surface area contributed by atoms with Gasteiger partial charge in [0.05, 0.1) is 66.0 Å². The summed E-state index contributed by atoms with van der Waals surface area (Å²) in [5, 5.41) is 43.9. The van der Waals surface area contributed by atoms with Gasteiger partial charge in [-0.1, -0.05) is 109 Å². The smallest absolute Gasteiger partial charge is 0.335 e. The first kappa shape index (κ1) is 73.9. The molecule has 3 saturated heterocycles. The summed E-state index contributed by atoms with van der Waals surface area (Å²) < 4.78 is 7.78. The monoisotopic (exact) mass is 1310 g/mol. The van der Waals surface area contributed by atoms with Crippen LogP contribution in [0.5, 0.6) is 0 Å². The minimum atomic E-state index is -0.879. The van der Waals surface area contributed by atoms with E-state index in [1.54, 1.807) is 94.9 Å². The number of piperidine rings is 3. The zero-order chi connectivity index (χ0) is 70.0. The van der Waals surface area contributed by atoms with Crippen LogP contribution in [-0.2, 0) is 45.6 Å². The molecule has 502 valence electrons. The van der Waals surface area contributed by atoms with E-state index in [0.29, 0.717) is 77.9 Å². The van der Waals surface area contributed by atoms with E-state index in [-0.39, 0.29) is 61.3 Å². The van der Waals surface area contributed by atoms with E-state index in [1.165, 1.54) is 49.5 Å². The first-order chi connectivity index (χ1) is 46.0. The number of rotatable bonds is 11. The first-order valence-corrected chi connectivity index (χ1v) is 31.4. The Labute approximate surface area is 555 Å². The Morgan fingerprint density at radius 2 is 0.792 bits per heavy atom. The van der Waals surface area contributed by atoms with Crippen LogP contribution >= 0.6 is 0 Å². The van der Waals surface area contributed by atoms with Crippen molar-refractivity contribution in [3.05, 3.63) is 259 Å². The second-order valence-corrected chi connectivity index (χ2v) is 23.1. The van der Waals surface area contributed by atoms with Crippen LogP contribution in [0.25, 0.3) is 0 Å². The van der Waals surface area contributed by atoms with Crippen molar-refractivity contribution in [2.75, 3.05) is 60.6 Å². The lowest BCUT2D eigenvalue weighted by Gasteiger charge is -2.34. The van der Waals surface area contributed by atoms with Gasteiger partial charge in [-0.2, -0.15) is 15.8 Å². The number of aromatic nitrogens is 6. The van der Waals surface area contributed by atoms with Crippen molar-refractivity contribution in [1.82, 2.24) is 27.4 Å². The molecule has 0 spiro atoms. The molecule has 8 aromatic rings. The van der Waals surface area contributed by atoms with Crippen LogP contribution in [-0.4, -0.2) is 107 Å². The molecule has 1 amide bonds. The third-order valence-corrected chi connectivity index (χ3v) is 16.2. The molecule has 0 radical (unpaired) electrons. The molecule has 3 aliphatic heterocycles. The van der Waals surface area contributed by atoms with Crippen LogP contribution < -0.4 is 65.6 Å². The minimum absolute atomic E-state index is 0.0211. The third-order valence-electron chi connectivity index (χ3n) is 16.2. The summed E-state index contributed by atoms with van der Waals surface area (Å²) in [6.07, 6.45) is 5.13. The van der Waals surface area contributed by atoms with E-state index in [9.17, 15) is 54.1 Å². The Balaban J connectivity index is 0.000000200. The SMILES string of the molecule is CCO.Cc1ccccc1.Cn1c(=O)cc(N2CCC[C@@H](C(N)=O)C2)n(Cc2ccccc2C#N)c1=O.Cn1c(=O)cc(N2CCC[C@@H](N)C2)n(Cc2ccccc2C#N)c1=O.Cn1c(=O)cc(N2CCC[C@@H](N)C2)n(Cc2ccccc2C#N)c1=O.O=C(O)c1ccccc1. The topological polar surface area (TPSA) is 366 Å². The highest BCUT2D eigenvalue weighted by atomic mass is 16.4. The van der Waals surface area contributed by atoms with Crippen molar-refractivity contribution in [1.29, 1.82) is 15.8 Å². The lowest BCUT2D eigenvalue weighted by atomic mass is 9.97. The van der Waals surface area contributed by atoms with Crippen molar-refractivity contribution in [2.24, 2.45) is 44.3 Å². The fourth-order valence-electron chi connectivity index (χ4n) is 11.0. The van der Waals surface area contributed by atoms with E-state index in [0.717, 1.165) is 70.0 Å². The van der Waals surface area contributed by atoms with Crippen molar-refractivity contribution < 1.29 is 19.8 Å². The van der Waals surface area contributed by atoms with Crippen LogP contribution in [0.15, 0.2) is 180 Å². The zero-order valence-corrected chi connectivity index (χ0v) is 54.7. The van der Waals surface area contributed by atoms with Crippen molar-refractivity contribution >= 4 is 29.3 Å². The van der Waals surface area contributed by atoms with Gasteiger partial charge in [0.15, 0.2) is 0 Å². The highest BCUT2D eigenvalue weighted by Crippen LogP contribution is 2.24. The summed E-state index contributed by atoms with van der Waals surface area (Å²) in [7, 11) is 4.34. The maximum atomic E-state index is 12.8. The first-order valence-electron chi connectivity index (χ1n) is 31.4. The standard InChI is InChI=1S/C19H21N5O3.2C18H21N5O2.C7H6O2.C7H8.C2H6O/c1-22-17(25)9-16(23-8-4-7-15(11-23)18(21)26)24(19(22)27)12-14-6-3-2-5-13(14)10-20;2*1-21-17(24)9-16(22-8-4-7-15(20)12-22)23(18(21)25)11-14-6-3-2-5-13(14)10-19;8-7(9)6-4-2-1-3-5-6;1-7-5-3-2-4-6-7;1-2-3/h2-3,5-6,9,15H,4,7-8,11-12H2,1H3,(H2,21,26);2*2-3,5-6,9,15H,4,7-8,11-12,20H2,1H3;1-5H,(H,8,9);2-6H,1H3;3H,2H2,1H3/t3*15-;;;/m111.../s1. The number of amides is 1. The van der Waals surface area contributed by atoms with Gasteiger partial charge in [0.25, 0.3) is 16.7 Å². The molecule has 96 heavy (non-hydrogen) atoms. The summed E-state index contributed by atoms with van der Waals surface area (Å²) in [6.45, 7) is 8.33. The molecule has 3 fully saturated rings. The van der Waals surface area contributed by atoms with Gasteiger partial charge >= 0.3 is 23.0 Å². The summed E-state index contributed by atoms with van der Waals surface area (Å²) in [5.74, 6) is -0.00519. The number of carbonyl (C=O) groups is 2. The van der Waals surface area contributed by atoms with E-state index < -0.39 is 28.6 Å². The Morgan fingerprint density at radius 1 is 0.490 bits per heavy atom. The minimum Gasteiger partial charge on any atom is -0.478 e. The average Bonchev–Trinajstić information content (AvgIpc) is 0.822. The van der Waals surface area contributed by atoms with Gasteiger partial charge in [-0.3, -0.25) is 46.6 Å². The second-order valence-electron chi connectivity index (χ2n) is 23.1. The van der Waals surface area contributed by atoms with Gasteiger partial charge in [0, 0.05) is 97.3 Å². The van der Waals surface area contributed by atoms with Gasteiger partial charge in [0.2, 0.25) is 5.91 Å². The molecule has 3 aromatic heterocycles. The predicted octanol–water partition coefficient (Wildman–Crippen LogP) is 4.34. The molecule has 8 N–H and O–H groups in total. The van der Waals surface area contributed by atoms with Gasteiger partial charge in [0.1, 0.15) is 17.5 Å². The van der Waals surface area contributed by atoms with Gasteiger partial charge in [-0.05, 0) is 99.4 Å². The average molecular weight is 1310 g/mol. The van der Waals surface area contributed by atoms with Crippen molar-refractivity contribution in [3.8, 4) is 18.2 Å². The maximum Gasteiger partial charge on any atom is 0.335 e. The van der Waals surface area contributed by atoms with Gasteiger partial charge in [-0.25, -0.2) is 19.2 Å². The number of aromatic carboxylic acids is 1. The van der Waals surface area contributed by atoms with E-state index in [2.05, 4.69) is 37.3 Å².